The van der Waals surface area contributed by atoms with E-state index in [2.05, 4.69) is 9.72 Å². The van der Waals surface area contributed by atoms with E-state index in [0.717, 1.165) is 0 Å². The number of nitrogens with zero attached hydrogens (tertiary/aromatic N) is 1. The van der Waals surface area contributed by atoms with Crippen LogP contribution in [-0.2, 0) is 16.0 Å². The molecule has 1 aromatic heterocycles. The molecular weight excluding hydrogens is 269 g/mol. The molecule has 1 aromatic carbocycles. The summed E-state index contributed by atoms with van der Waals surface area (Å²) in [5.41, 5.74) is 1.93. The Morgan fingerprint density at radius 1 is 1.42 bits per heavy atom. The van der Waals surface area contributed by atoms with Gasteiger partial charge in [-0.1, -0.05) is 23.7 Å². The Hall–Kier alpha value is -1.94. The quantitative estimate of drug-likeness (QED) is 0.639. The number of benzene rings is 1. The zero-order valence-electron chi connectivity index (χ0n) is 10.2. The number of methoxy groups -OCH3 is 1. The number of hydrogen-bond acceptors (Lipinski definition) is 3. The Bertz CT molecular complexity index is 616. The van der Waals surface area contributed by atoms with Gasteiger partial charge in [0.05, 0.1) is 13.5 Å². The van der Waals surface area contributed by atoms with Gasteiger partial charge in [-0.2, -0.15) is 4.39 Å². The maximum absolute atomic E-state index is 13.2. The monoisotopic (exact) mass is 279 g/mol. The Morgan fingerprint density at radius 2 is 2.21 bits per heavy atom. The van der Waals surface area contributed by atoms with Crippen molar-refractivity contribution >= 4 is 17.6 Å². The second-order valence-corrected chi connectivity index (χ2v) is 4.29. The number of aromatic nitrogens is 1. The fraction of sp³-hybridized carbons (Fsp3) is 0.143. The van der Waals surface area contributed by atoms with Gasteiger partial charge in [0, 0.05) is 17.3 Å². The van der Waals surface area contributed by atoms with E-state index in [4.69, 9.17) is 11.6 Å². The van der Waals surface area contributed by atoms with Crippen LogP contribution in [0.3, 0.4) is 0 Å². The second-order valence-electron chi connectivity index (χ2n) is 3.89. The predicted molar refractivity (Wildman–Crippen MR) is 70.4 cm³/mol. The molecule has 0 bridgehead atoms. The number of ether oxygens (including phenoxy) is 1. The van der Waals surface area contributed by atoms with Gasteiger partial charge in [0.1, 0.15) is 0 Å². The molecule has 0 atom stereocenters. The van der Waals surface area contributed by atoms with Crippen molar-refractivity contribution in [2.75, 3.05) is 7.11 Å². The first-order valence-corrected chi connectivity index (χ1v) is 5.95. The van der Waals surface area contributed by atoms with Crippen LogP contribution in [0.1, 0.15) is 5.56 Å². The average Bonchev–Trinajstić information content (AvgIpc) is 2.40. The van der Waals surface area contributed by atoms with Crippen molar-refractivity contribution < 1.29 is 13.9 Å². The molecule has 1 heterocycles. The first-order chi connectivity index (χ1) is 9.11. The van der Waals surface area contributed by atoms with Gasteiger partial charge in [0.15, 0.2) is 0 Å². The van der Waals surface area contributed by atoms with Crippen LogP contribution in [0.15, 0.2) is 36.5 Å². The highest BCUT2D eigenvalue weighted by atomic mass is 35.5. The minimum absolute atomic E-state index is 0.0372. The Morgan fingerprint density at radius 3 is 2.89 bits per heavy atom. The molecule has 0 aliphatic carbocycles. The van der Waals surface area contributed by atoms with Gasteiger partial charge in [-0.05, 0) is 28.8 Å². The van der Waals surface area contributed by atoms with E-state index in [9.17, 15) is 9.18 Å². The van der Waals surface area contributed by atoms with Gasteiger partial charge in [0.25, 0.3) is 0 Å². The number of rotatable bonds is 3. The van der Waals surface area contributed by atoms with Crippen LogP contribution in [0.4, 0.5) is 4.39 Å². The minimum Gasteiger partial charge on any atom is -0.469 e. The lowest BCUT2D eigenvalue weighted by Crippen LogP contribution is -2.06. The van der Waals surface area contributed by atoms with Crippen molar-refractivity contribution in [1.29, 1.82) is 0 Å². The minimum atomic E-state index is -0.582. The van der Waals surface area contributed by atoms with Crippen LogP contribution in [0, 0.1) is 5.95 Å². The van der Waals surface area contributed by atoms with E-state index in [1.54, 1.807) is 24.3 Å². The lowest BCUT2D eigenvalue weighted by molar-refractivity contribution is -0.139. The molecule has 0 unspecified atom stereocenters. The summed E-state index contributed by atoms with van der Waals surface area (Å²) in [5, 5.41) is 0.445. The third-order valence-electron chi connectivity index (χ3n) is 2.71. The zero-order valence-corrected chi connectivity index (χ0v) is 10.9. The molecular formula is C14H11ClFNO2. The first kappa shape index (κ1) is 13.5. The number of halogens is 2. The average molecular weight is 280 g/mol. The highest BCUT2D eigenvalue weighted by Gasteiger charge is 2.13. The van der Waals surface area contributed by atoms with Crippen molar-refractivity contribution in [3.05, 3.63) is 53.1 Å². The molecule has 3 nitrogen and oxygen atoms in total. The van der Waals surface area contributed by atoms with Gasteiger partial charge in [-0.15, -0.1) is 0 Å². The van der Waals surface area contributed by atoms with Gasteiger partial charge in [-0.25, -0.2) is 4.98 Å². The highest BCUT2D eigenvalue weighted by molar-refractivity contribution is 6.32. The largest absolute Gasteiger partial charge is 0.469 e. The van der Waals surface area contributed by atoms with Crippen LogP contribution >= 0.6 is 11.6 Å². The maximum atomic E-state index is 13.2. The number of esters is 1. The van der Waals surface area contributed by atoms with Crippen LogP contribution in [0.5, 0.6) is 0 Å². The van der Waals surface area contributed by atoms with E-state index in [-0.39, 0.29) is 6.42 Å². The molecule has 0 radical (unpaired) electrons. The zero-order chi connectivity index (χ0) is 13.8. The van der Waals surface area contributed by atoms with Gasteiger partial charge in [0.2, 0.25) is 5.95 Å². The van der Waals surface area contributed by atoms with Gasteiger partial charge in [-0.3, -0.25) is 4.79 Å². The van der Waals surface area contributed by atoms with E-state index in [1.165, 1.54) is 19.4 Å². The summed E-state index contributed by atoms with van der Waals surface area (Å²) in [6, 6.07) is 8.17. The van der Waals surface area contributed by atoms with Crippen LogP contribution in [0.2, 0.25) is 5.02 Å². The predicted octanol–water partition coefficient (Wildman–Crippen LogP) is 3.26. The van der Waals surface area contributed by atoms with Crippen molar-refractivity contribution in [3.63, 3.8) is 0 Å². The van der Waals surface area contributed by atoms with Crippen LogP contribution < -0.4 is 0 Å². The molecule has 0 saturated heterocycles. The first-order valence-electron chi connectivity index (χ1n) is 5.58. The third kappa shape index (κ3) is 3.09. The van der Waals surface area contributed by atoms with Crippen molar-refractivity contribution in [2.24, 2.45) is 0 Å². The number of carbonyl (C=O) groups is 1. The lowest BCUT2D eigenvalue weighted by Gasteiger charge is -2.10. The summed E-state index contributed by atoms with van der Waals surface area (Å²) >= 11 is 6.10. The van der Waals surface area contributed by atoms with E-state index in [1.807, 2.05) is 0 Å². The van der Waals surface area contributed by atoms with E-state index < -0.39 is 11.9 Å². The Kier molecular flexibility index (Phi) is 4.12. The summed E-state index contributed by atoms with van der Waals surface area (Å²) < 4.78 is 17.8. The summed E-state index contributed by atoms with van der Waals surface area (Å²) in [7, 11) is 1.31. The van der Waals surface area contributed by atoms with E-state index in [0.29, 0.717) is 21.7 Å². The number of pyridine rings is 1. The van der Waals surface area contributed by atoms with Crippen molar-refractivity contribution in [1.82, 2.24) is 4.98 Å². The van der Waals surface area contributed by atoms with Crippen LogP contribution in [0.25, 0.3) is 11.1 Å². The van der Waals surface area contributed by atoms with E-state index >= 15 is 0 Å². The fourth-order valence-electron chi connectivity index (χ4n) is 1.80. The standard InChI is InChI=1S/C14H11ClFNO2/c1-19-14(18)8-11-10(3-2-4-12(11)15)9-5-6-17-13(16)7-9/h2-7H,8H2,1H3. The molecule has 0 aliphatic heterocycles. The summed E-state index contributed by atoms with van der Waals surface area (Å²) in [6.07, 6.45) is 1.41. The molecule has 0 spiro atoms. The van der Waals surface area contributed by atoms with Crippen LogP contribution in [-0.4, -0.2) is 18.1 Å². The number of carbonyl (C=O) groups excluding carboxylic acids is 1. The van der Waals surface area contributed by atoms with Crippen molar-refractivity contribution in [3.8, 4) is 11.1 Å². The smallest absolute Gasteiger partial charge is 0.310 e. The number of hydrogen-bond donors (Lipinski definition) is 0. The van der Waals surface area contributed by atoms with Gasteiger partial charge >= 0.3 is 5.97 Å². The third-order valence-corrected chi connectivity index (χ3v) is 3.06. The molecule has 98 valence electrons. The molecule has 0 amide bonds. The SMILES string of the molecule is COC(=O)Cc1c(Cl)cccc1-c1ccnc(F)c1. The highest BCUT2D eigenvalue weighted by Crippen LogP contribution is 2.29. The Labute approximate surface area is 115 Å². The summed E-state index contributed by atoms with van der Waals surface area (Å²) in [4.78, 5) is 14.9. The summed E-state index contributed by atoms with van der Waals surface area (Å²) in [6.45, 7) is 0. The van der Waals surface area contributed by atoms with Crippen molar-refractivity contribution in [2.45, 2.75) is 6.42 Å². The molecule has 0 N–H and O–H groups in total. The molecule has 2 aromatic rings. The fourth-order valence-corrected chi connectivity index (χ4v) is 2.04. The molecule has 0 fully saturated rings. The second kappa shape index (κ2) is 5.80. The topological polar surface area (TPSA) is 39.2 Å². The normalized spacial score (nSPS) is 10.3. The Balaban J connectivity index is 2.51. The molecule has 0 aliphatic rings. The maximum Gasteiger partial charge on any atom is 0.310 e. The molecule has 19 heavy (non-hydrogen) atoms. The molecule has 5 heteroatoms. The molecule has 0 saturated carbocycles. The molecule has 2 rings (SSSR count). The summed E-state index contributed by atoms with van der Waals surface area (Å²) in [5.74, 6) is -0.981. The lowest BCUT2D eigenvalue weighted by atomic mass is 9.98. The van der Waals surface area contributed by atoms with Gasteiger partial charge < -0.3 is 4.74 Å².